The number of hydrogen-bond acceptors (Lipinski definition) is 1. The predicted molar refractivity (Wildman–Crippen MR) is 57.3 cm³/mol. The van der Waals surface area contributed by atoms with Gasteiger partial charge >= 0.3 is 6.18 Å². The minimum atomic E-state index is -4.31. The molecular formula is C8H6ClF3IN. The summed E-state index contributed by atoms with van der Waals surface area (Å²) in [6.45, 7) is 0.309. The maximum absolute atomic E-state index is 12.3. The molecule has 0 unspecified atom stereocenters. The van der Waals surface area contributed by atoms with Crippen LogP contribution in [0.5, 0.6) is 0 Å². The van der Waals surface area contributed by atoms with E-state index in [4.69, 9.17) is 11.6 Å². The Morgan fingerprint density at radius 1 is 1.36 bits per heavy atom. The molecule has 0 spiro atoms. The van der Waals surface area contributed by atoms with E-state index in [-0.39, 0.29) is 0 Å². The average molecular weight is 335 g/mol. The molecule has 0 aromatic heterocycles. The molecule has 78 valence electrons. The molecule has 1 rings (SSSR count). The third-order valence-corrected chi connectivity index (χ3v) is 2.38. The quantitative estimate of drug-likeness (QED) is 0.640. The maximum Gasteiger partial charge on any atom is 0.416 e. The Morgan fingerprint density at radius 3 is 2.50 bits per heavy atom. The molecule has 0 radical (unpaired) electrons. The Labute approximate surface area is 98.1 Å². The highest BCUT2D eigenvalue weighted by Gasteiger charge is 2.30. The zero-order valence-corrected chi connectivity index (χ0v) is 9.74. The molecular weight excluding hydrogens is 329 g/mol. The number of benzene rings is 1. The summed E-state index contributed by atoms with van der Waals surface area (Å²) < 4.78 is 39.5. The molecule has 0 heterocycles. The van der Waals surface area contributed by atoms with Crippen LogP contribution in [0.15, 0.2) is 18.2 Å². The van der Waals surface area contributed by atoms with Gasteiger partial charge in [-0.1, -0.05) is 11.6 Å². The van der Waals surface area contributed by atoms with Crippen LogP contribution in [-0.4, -0.2) is 0 Å². The summed E-state index contributed by atoms with van der Waals surface area (Å²) in [7, 11) is 0. The molecule has 1 aromatic carbocycles. The maximum atomic E-state index is 12.3. The van der Waals surface area contributed by atoms with Gasteiger partial charge in [0, 0.05) is 34.4 Å². The van der Waals surface area contributed by atoms with Crippen molar-refractivity contribution in [1.82, 2.24) is 3.53 Å². The van der Waals surface area contributed by atoms with Crippen LogP contribution in [0, 0.1) is 0 Å². The first kappa shape index (κ1) is 12.1. The van der Waals surface area contributed by atoms with Crippen LogP contribution in [0.25, 0.3) is 0 Å². The monoisotopic (exact) mass is 335 g/mol. The summed E-state index contributed by atoms with van der Waals surface area (Å²) in [6.07, 6.45) is -4.31. The lowest BCUT2D eigenvalue weighted by Crippen LogP contribution is -2.07. The van der Waals surface area contributed by atoms with Gasteiger partial charge in [0.05, 0.1) is 5.56 Å². The Balaban J connectivity index is 3.06. The molecule has 0 atom stereocenters. The Hall–Kier alpha value is -0.0100. The summed E-state index contributed by atoms with van der Waals surface area (Å²) in [5.41, 5.74) is -0.237. The average Bonchev–Trinajstić information content (AvgIpc) is 2.07. The molecule has 0 fully saturated rings. The van der Waals surface area contributed by atoms with Crippen LogP contribution in [0.4, 0.5) is 13.2 Å². The third kappa shape index (κ3) is 2.99. The topological polar surface area (TPSA) is 12.0 Å². The lowest BCUT2D eigenvalue weighted by atomic mass is 10.1. The SMILES string of the molecule is FC(F)(F)c1ccc(Cl)c(CNI)c1. The molecule has 0 amide bonds. The van der Waals surface area contributed by atoms with Crippen LogP contribution in [0.2, 0.25) is 5.02 Å². The molecule has 6 heteroatoms. The molecule has 0 bridgehead atoms. The summed E-state index contributed by atoms with van der Waals surface area (Å²) in [4.78, 5) is 0. The van der Waals surface area contributed by atoms with Gasteiger partial charge in [0.2, 0.25) is 0 Å². The molecule has 1 aromatic rings. The van der Waals surface area contributed by atoms with E-state index in [1.54, 1.807) is 0 Å². The zero-order chi connectivity index (χ0) is 10.8. The first-order valence-electron chi connectivity index (χ1n) is 3.64. The third-order valence-electron chi connectivity index (χ3n) is 1.63. The fourth-order valence-corrected chi connectivity index (χ4v) is 1.55. The molecule has 0 aliphatic rings. The van der Waals surface area contributed by atoms with Gasteiger partial charge in [-0.3, -0.25) is 3.53 Å². The molecule has 0 saturated carbocycles. The van der Waals surface area contributed by atoms with Crippen molar-refractivity contribution in [2.24, 2.45) is 0 Å². The van der Waals surface area contributed by atoms with Crippen molar-refractivity contribution in [2.45, 2.75) is 12.7 Å². The van der Waals surface area contributed by atoms with E-state index in [2.05, 4.69) is 3.53 Å². The zero-order valence-electron chi connectivity index (χ0n) is 6.83. The van der Waals surface area contributed by atoms with Crippen LogP contribution >= 0.6 is 34.5 Å². The van der Waals surface area contributed by atoms with E-state index >= 15 is 0 Å². The number of hydrogen-bond donors (Lipinski definition) is 1. The van der Waals surface area contributed by atoms with E-state index in [1.807, 2.05) is 22.9 Å². The van der Waals surface area contributed by atoms with Crippen molar-refractivity contribution >= 4 is 34.5 Å². The number of nitrogens with one attached hydrogen (secondary N) is 1. The fourth-order valence-electron chi connectivity index (χ4n) is 0.959. The lowest BCUT2D eigenvalue weighted by molar-refractivity contribution is -0.137. The second-order valence-corrected chi connectivity index (χ2v) is 3.78. The standard InChI is InChI=1S/C8H6ClF3IN/c9-7-2-1-6(8(10,11)12)3-5(7)4-14-13/h1-3,14H,4H2. The van der Waals surface area contributed by atoms with Gasteiger partial charge < -0.3 is 0 Å². The highest BCUT2D eigenvalue weighted by Crippen LogP contribution is 2.31. The van der Waals surface area contributed by atoms with E-state index in [0.717, 1.165) is 12.1 Å². The van der Waals surface area contributed by atoms with E-state index in [0.29, 0.717) is 17.1 Å². The molecule has 0 aliphatic carbocycles. The van der Waals surface area contributed by atoms with E-state index in [9.17, 15) is 13.2 Å². The molecule has 1 nitrogen and oxygen atoms in total. The van der Waals surface area contributed by atoms with E-state index < -0.39 is 11.7 Å². The van der Waals surface area contributed by atoms with Crippen molar-refractivity contribution in [3.8, 4) is 0 Å². The second-order valence-electron chi connectivity index (χ2n) is 2.61. The van der Waals surface area contributed by atoms with Crippen molar-refractivity contribution in [1.29, 1.82) is 0 Å². The first-order valence-corrected chi connectivity index (χ1v) is 5.10. The van der Waals surface area contributed by atoms with Crippen molar-refractivity contribution in [3.63, 3.8) is 0 Å². The highest BCUT2D eigenvalue weighted by molar-refractivity contribution is 14.1. The fraction of sp³-hybridized carbons (Fsp3) is 0.250. The van der Waals surface area contributed by atoms with Crippen molar-refractivity contribution < 1.29 is 13.2 Å². The van der Waals surface area contributed by atoms with Crippen molar-refractivity contribution in [2.75, 3.05) is 0 Å². The lowest BCUT2D eigenvalue weighted by Gasteiger charge is -2.09. The van der Waals surface area contributed by atoms with Gasteiger partial charge in [-0.15, -0.1) is 0 Å². The normalized spacial score (nSPS) is 11.8. The van der Waals surface area contributed by atoms with Gasteiger partial charge in [0.1, 0.15) is 0 Å². The first-order chi connectivity index (χ1) is 6.45. The number of rotatable bonds is 2. The number of halogens is 5. The van der Waals surface area contributed by atoms with Crippen molar-refractivity contribution in [3.05, 3.63) is 34.3 Å². The van der Waals surface area contributed by atoms with Crippen LogP contribution in [-0.2, 0) is 12.7 Å². The Kier molecular flexibility index (Phi) is 4.03. The largest absolute Gasteiger partial charge is 0.416 e. The van der Waals surface area contributed by atoms with Gasteiger partial charge in [0.25, 0.3) is 0 Å². The highest BCUT2D eigenvalue weighted by atomic mass is 127. The second kappa shape index (κ2) is 4.67. The smallest absolute Gasteiger partial charge is 0.257 e. The molecule has 1 N–H and O–H groups in total. The summed E-state index contributed by atoms with van der Waals surface area (Å²) >= 11 is 7.56. The molecule has 14 heavy (non-hydrogen) atoms. The van der Waals surface area contributed by atoms with Gasteiger partial charge in [0.15, 0.2) is 0 Å². The van der Waals surface area contributed by atoms with Crippen LogP contribution < -0.4 is 3.53 Å². The summed E-state index contributed by atoms with van der Waals surface area (Å²) in [5, 5.41) is 0.335. The van der Waals surface area contributed by atoms with Gasteiger partial charge in [-0.25, -0.2) is 0 Å². The van der Waals surface area contributed by atoms with E-state index in [1.165, 1.54) is 6.07 Å². The van der Waals surface area contributed by atoms with Crippen LogP contribution in [0.3, 0.4) is 0 Å². The molecule has 0 aliphatic heterocycles. The summed E-state index contributed by atoms with van der Waals surface area (Å²) in [6, 6.07) is 3.28. The molecule has 0 saturated heterocycles. The van der Waals surface area contributed by atoms with Gasteiger partial charge in [-0.05, 0) is 23.8 Å². The minimum absolute atomic E-state index is 0.309. The number of alkyl halides is 3. The van der Waals surface area contributed by atoms with Crippen LogP contribution in [0.1, 0.15) is 11.1 Å². The van der Waals surface area contributed by atoms with Gasteiger partial charge in [-0.2, -0.15) is 13.2 Å². The Morgan fingerprint density at radius 2 is 2.00 bits per heavy atom. The summed E-state index contributed by atoms with van der Waals surface area (Å²) in [5.74, 6) is 0. The Bertz CT molecular complexity index is 327. The predicted octanol–water partition coefficient (Wildman–Crippen LogP) is 3.80. The minimum Gasteiger partial charge on any atom is -0.257 e.